The Morgan fingerprint density at radius 3 is 2.15 bits per heavy atom. The molecule has 15 atom stereocenters. The van der Waals surface area contributed by atoms with Gasteiger partial charge in [-0.15, -0.1) is 0 Å². The van der Waals surface area contributed by atoms with Crippen LogP contribution in [0.15, 0.2) is 11.6 Å². The van der Waals surface area contributed by atoms with Gasteiger partial charge in [0.25, 0.3) is 0 Å². The summed E-state index contributed by atoms with van der Waals surface area (Å²) in [7, 11) is 2.58. The van der Waals surface area contributed by atoms with E-state index in [-0.39, 0.29) is 46.6 Å². The van der Waals surface area contributed by atoms with Crippen molar-refractivity contribution < 1.29 is 68.4 Å². The summed E-state index contributed by atoms with van der Waals surface area (Å²) < 4.78 is 27.2. The fourth-order valence-corrected chi connectivity index (χ4v) is 12.7. The van der Waals surface area contributed by atoms with Crippen molar-refractivity contribution >= 4 is 23.9 Å². The number of carbonyl (C=O) groups excluding carboxylic acids is 4. The van der Waals surface area contributed by atoms with Gasteiger partial charge in [0, 0.05) is 5.41 Å². The molecule has 5 aliphatic carbocycles. The van der Waals surface area contributed by atoms with E-state index in [0.717, 1.165) is 24.8 Å². The quantitative estimate of drug-likeness (QED) is 0.104. The van der Waals surface area contributed by atoms with Crippen molar-refractivity contribution in [3.63, 3.8) is 0 Å². The average Bonchev–Trinajstić information content (AvgIpc) is 3.15. The van der Waals surface area contributed by atoms with Crippen LogP contribution in [0.5, 0.6) is 0 Å². The van der Waals surface area contributed by atoms with Crippen LogP contribution in [0.4, 0.5) is 0 Å². The first-order chi connectivity index (χ1) is 25.7. The Bertz CT molecular complexity index is 1560. The predicted octanol–water partition coefficient (Wildman–Crippen LogP) is 2.73. The minimum absolute atomic E-state index is 0.0231. The van der Waals surface area contributed by atoms with Gasteiger partial charge in [0.15, 0.2) is 0 Å². The smallest absolute Gasteiger partial charge is 0.317 e. The summed E-state index contributed by atoms with van der Waals surface area (Å²) in [6.45, 7) is 10.1. The van der Waals surface area contributed by atoms with Gasteiger partial charge in [-0.2, -0.15) is 0 Å². The normalized spacial score (nSPS) is 47.7. The number of ether oxygens (including phenoxy) is 5. The molecule has 1 saturated heterocycles. The van der Waals surface area contributed by atoms with Gasteiger partial charge >= 0.3 is 23.9 Å². The van der Waals surface area contributed by atoms with E-state index in [0.29, 0.717) is 44.9 Å². The first-order valence-corrected chi connectivity index (χ1v) is 19.9. The number of aliphatic hydroxyl groups is 5. The number of esters is 4. The summed E-state index contributed by atoms with van der Waals surface area (Å²) in [5.74, 6) is -2.70. The summed E-state index contributed by atoms with van der Waals surface area (Å²) in [4.78, 5) is 52.5. The van der Waals surface area contributed by atoms with Crippen molar-refractivity contribution in [1.82, 2.24) is 0 Å². The molecule has 0 amide bonds. The van der Waals surface area contributed by atoms with Gasteiger partial charge in [-0.3, -0.25) is 19.2 Å². The minimum Gasteiger partial charge on any atom is -0.469 e. The minimum atomic E-state index is -1.75. The Morgan fingerprint density at radius 1 is 0.800 bits per heavy atom. The summed E-state index contributed by atoms with van der Waals surface area (Å²) in [5.41, 5.74) is -2.49. The lowest BCUT2D eigenvalue weighted by Crippen LogP contribution is -2.67. The third-order valence-corrected chi connectivity index (χ3v) is 16.3. The van der Waals surface area contributed by atoms with Crippen molar-refractivity contribution in [1.29, 1.82) is 0 Å². The Balaban J connectivity index is 1.37. The van der Waals surface area contributed by atoms with E-state index in [9.17, 15) is 44.7 Å². The maximum Gasteiger partial charge on any atom is 0.317 e. The number of hydrogen-bond acceptors (Lipinski definition) is 14. The van der Waals surface area contributed by atoms with Crippen molar-refractivity contribution in [3.8, 4) is 0 Å². The van der Waals surface area contributed by atoms with E-state index in [1.165, 1.54) is 14.2 Å². The third kappa shape index (κ3) is 6.36. The predicted molar refractivity (Wildman–Crippen MR) is 193 cm³/mol. The summed E-state index contributed by atoms with van der Waals surface area (Å²) in [6.07, 6.45) is -1.11. The van der Waals surface area contributed by atoms with Crippen LogP contribution in [-0.4, -0.2) is 114 Å². The van der Waals surface area contributed by atoms with Crippen molar-refractivity contribution in [2.24, 2.45) is 50.2 Å². The molecule has 4 saturated carbocycles. The van der Waals surface area contributed by atoms with Gasteiger partial charge < -0.3 is 49.2 Å². The summed E-state index contributed by atoms with van der Waals surface area (Å²) in [6, 6.07) is 0. The monoisotopic (exact) mass is 778 g/mol. The van der Waals surface area contributed by atoms with Gasteiger partial charge in [-0.05, 0) is 105 Å². The maximum absolute atomic E-state index is 14.7. The molecule has 6 rings (SSSR count). The second-order valence-electron chi connectivity index (χ2n) is 18.9. The number of allylic oxidation sites excluding steroid dienone is 2. The van der Waals surface area contributed by atoms with Gasteiger partial charge in [0.1, 0.15) is 30.8 Å². The SMILES string of the molecule is COC(=O)CC(=O)OC[C@]1(C)CC[C@]2(C(=O)O[C@@H]3O[C@H](CO)[C@@H](O)[C@H](O)[C@H]3O)CC[C@]3(C)C(=CC[C@@H]4[C@@]5(C)CC[C@H](O)[C@@](C)(C(=O)OC)[C@@H]5CC[C@]43C)[C@@H]2C1. The molecule has 310 valence electrons. The third-order valence-electron chi connectivity index (χ3n) is 16.3. The molecule has 0 unspecified atom stereocenters. The van der Waals surface area contributed by atoms with Gasteiger partial charge in [0.05, 0.1) is 44.4 Å². The molecular formula is C41H62O14. The fourth-order valence-electron chi connectivity index (χ4n) is 12.7. The average molecular weight is 779 g/mol. The van der Waals surface area contributed by atoms with Crippen LogP contribution in [0.2, 0.25) is 0 Å². The molecule has 14 heteroatoms. The van der Waals surface area contributed by atoms with Crippen LogP contribution in [0.1, 0.15) is 105 Å². The van der Waals surface area contributed by atoms with Crippen LogP contribution in [0, 0.1) is 50.2 Å². The Hall–Kier alpha value is -2.62. The van der Waals surface area contributed by atoms with Gasteiger partial charge in [-0.25, -0.2) is 0 Å². The molecule has 1 heterocycles. The number of fused-ring (bicyclic) bond motifs is 7. The first-order valence-electron chi connectivity index (χ1n) is 19.9. The molecule has 0 spiro atoms. The molecule has 5 fully saturated rings. The Morgan fingerprint density at radius 2 is 1.49 bits per heavy atom. The highest BCUT2D eigenvalue weighted by atomic mass is 16.7. The zero-order valence-electron chi connectivity index (χ0n) is 33.4. The first kappa shape index (κ1) is 42.0. The zero-order valence-corrected chi connectivity index (χ0v) is 33.4. The Labute approximate surface area is 323 Å². The highest BCUT2D eigenvalue weighted by molar-refractivity contribution is 5.91. The second-order valence-corrected chi connectivity index (χ2v) is 18.9. The van der Waals surface area contributed by atoms with E-state index >= 15 is 0 Å². The second kappa shape index (κ2) is 14.6. The largest absolute Gasteiger partial charge is 0.469 e. The van der Waals surface area contributed by atoms with Crippen LogP contribution in [0.25, 0.3) is 0 Å². The molecule has 6 aliphatic rings. The van der Waals surface area contributed by atoms with Crippen molar-refractivity contribution in [2.45, 2.75) is 142 Å². The summed E-state index contributed by atoms with van der Waals surface area (Å²) >= 11 is 0. The van der Waals surface area contributed by atoms with Gasteiger partial charge in [0.2, 0.25) is 6.29 Å². The molecule has 1 aliphatic heterocycles. The lowest BCUT2D eigenvalue weighted by atomic mass is 9.33. The van der Waals surface area contributed by atoms with E-state index < -0.39 is 84.0 Å². The molecule has 0 aromatic carbocycles. The van der Waals surface area contributed by atoms with Crippen LogP contribution in [-0.2, 0) is 42.9 Å². The number of rotatable bonds is 8. The van der Waals surface area contributed by atoms with E-state index in [1.54, 1.807) is 0 Å². The standard InChI is InChI=1S/C41H62O14/c1-36(21-53-29(45)18-28(44)51-6)14-16-41(35(50)55-33-32(48)31(47)30(46)24(20-42)54-33)17-15-38(3)22(23(41)19-36)8-9-25-37(2)12-11-27(43)40(5,34(49)52-7)26(37)10-13-39(25,38)4/h8,23-27,30-33,42-43,46-48H,9-21H2,1-7H3/t23-,24+,25+,26+,27-,30+,31-,32+,33-,36+,37+,38+,39+,40-,41-/m0/s1. The molecule has 5 N–H and O–H groups in total. The van der Waals surface area contributed by atoms with Crippen molar-refractivity contribution in [3.05, 3.63) is 11.6 Å². The fraction of sp³-hybridized carbons (Fsp3) is 0.854. The molecule has 14 nitrogen and oxygen atoms in total. The molecule has 0 radical (unpaired) electrons. The Kier molecular flexibility index (Phi) is 11.2. The van der Waals surface area contributed by atoms with Crippen LogP contribution < -0.4 is 0 Å². The molecule has 55 heavy (non-hydrogen) atoms. The highest BCUT2D eigenvalue weighted by Crippen LogP contribution is 2.76. The molecule has 0 bridgehead atoms. The summed E-state index contributed by atoms with van der Waals surface area (Å²) in [5, 5.41) is 52.8. The zero-order chi connectivity index (χ0) is 40.5. The lowest BCUT2D eigenvalue weighted by Gasteiger charge is -2.71. The number of methoxy groups -OCH3 is 2. The topological polar surface area (TPSA) is 216 Å². The number of aliphatic hydroxyl groups excluding tert-OH is 5. The molecular weight excluding hydrogens is 716 g/mol. The van der Waals surface area contributed by atoms with E-state index in [4.69, 9.17) is 18.9 Å². The number of hydrogen-bond donors (Lipinski definition) is 5. The van der Waals surface area contributed by atoms with Crippen LogP contribution >= 0.6 is 0 Å². The lowest BCUT2D eigenvalue weighted by molar-refractivity contribution is -0.297. The maximum atomic E-state index is 14.7. The van der Waals surface area contributed by atoms with E-state index in [1.807, 2.05) is 13.8 Å². The van der Waals surface area contributed by atoms with Gasteiger partial charge in [-0.1, -0.05) is 39.3 Å². The van der Waals surface area contributed by atoms with Crippen LogP contribution in [0.3, 0.4) is 0 Å². The van der Waals surface area contributed by atoms with E-state index in [2.05, 4.69) is 31.6 Å². The number of carbonyl (C=O) groups is 4. The molecule has 0 aromatic rings. The highest BCUT2D eigenvalue weighted by Gasteiger charge is 2.71. The van der Waals surface area contributed by atoms with Crippen molar-refractivity contribution in [2.75, 3.05) is 27.4 Å². The molecule has 0 aromatic heterocycles.